The van der Waals surface area contributed by atoms with Crippen molar-refractivity contribution in [3.63, 3.8) is 0 Å². The van der Waals surface area contributed by atoms with Crippen molar-refractivity contribution in [2.75, 3.05) is 7.11 Å². The van der Waals surface area contributed by atoms with Crippen molar-refractivity contribution in [2.45, 2.75) is 31.3 Å². The molecule has 0 aliphatic rings. The minimum Gasteiger partial charge on any atom is -0.497 e. The van der Waals surface area contributed by atoms with Crippen LogP contribution >= 0.6 is 0 Å². The molecule has 122 valence electrons. The van der Waals surface area contributed by atoms with E-state index >= 15 is 0 Å². The van der Waals surface area contributed by atoms with Crippen molar-refractivity contribution in [3.8, 4) is 5.75 Å². The lowest BCUT2D eigenvalue weighted by atomic mass is 9.69. The molecule has 23 heavy (non-hydrogen) atoms. The number of carbonyl (C=O) groups is 1. The fraction of sp³-hybridized carbons (Fsp3) is 0.316. The number of carboxylic acid groups (broad SMARTS) is 1. The van der Waals surface area contributed by atoms with Crippen molar-refractivity contribution in [1.82, 2.24) is 0 Å². The number of ether oxygens (including phenoxy) is 1. The number of aliphatic hydroxyl groups excluding tert-OH is 1. The standard InChI is InChI=1S/C19H22O4/c1-3-19(17(20)18(21)22,13-14-7-5-4-6-8-14)15-9-11-16(23-2)12-10-15/h4-12,17,20H,3,13H2,1-2H3,(H,21,22). The molecule has 0 radical (unpaired) electrons. The zero-order valence-corrected chi connectivity index (χ0v) is 13.4. The van der Waals surface area contributed by atoms with E-state index < -0.39 is 17.5 Å². The van der Waals surface area contributed by atoms with Crippen LogP contribution in [-0.2, 0) is 16.6 Å². The lowest BCUT2D eigenvalue weighted by Crippen LogP contribution is -2.46. The molecule has 0 bridgehead atoms. The Morgan fingerprint density at radius 2 is 1.74 bits per heavy atom. The summed E-state index contributed by atoms with van der Waals surface area (Å²) in [7, 11) is 1.58. The number of benzene rings is 2. The van der Waals surface area contributed by atoms with Gasteiger partial charge in [0.15, 0.2) is 6.10 Å². The molecule has 2 N–H and O–H groups in total. The van der Waals surface area contributed by atoms with Gasteiger partial charge in [-0.05, 0) is 36.1 Å². The number of aliphatic hydroxyl groups is 1. The average molecular weight is 314 g/mol. The maximum atomic E-state index is 11.5. The predicted molar refractivity (Wildman–Crippen MR) is 88.8 cm³/mol. The van der Waals surface area contributed by atoms with Gasteiger partial charge in [-0.15, -0.1) is 0 Å². The zero-order chi connectivity index (χ0) is 16.9. The molecule has 0 aliphatic carbocycles. The highest BCUT2D eigenvalue weighted by Crippen LogP contribution is 2.36. The van der Waals surface area contributed by atoms with E-state index in [1.54, 1.807) is 19.2 Å². The molecule has 4 heteroatoms. The summed E-state index contributed by atoms with van der Waals surface area (Å²) in [5.74, 6) is -0.512. The lowest BCUT2D eigenvalue weighted by Gasteiger charge is -2.36. The third kappa shape index (κ3) is 3.54. The van der Waals surface area contributed by atoms with Gasteiger partial charge in [0.1, 0.15) is 5.75 Å². The third-order valence-electron chi connectivity index (χ3n) is 4.42. The van der Waals surface area contributed by atoms with Gasteiger partial charge in [-0.25, -0.2) is 4.79 Å². The van der Waals surface area contributed by atoms with E-state index in [1.165, 1.54) is 0 Å². The number of hydrogen-bond donors (Lipinski definition) is 2. The largest absolute Gasteiger partial charge is 0.497 e. The molecule has 0 amide bonds. The van der Waals surface area contributed by atoms with Gasteiger partial charge in [-0.3, -0.25) is 0 Å². The summed E-state index contributed by atoms with van der Waals surface area (Å²) < 4.78 is 5.16. The molecule has 0 saturated carbocycles. The van der Waals surface area contributed by atoms with E-state index in [1.807, 2.05) is 49.4 Å². The van der Waals surface area contributed by atoms with Crippen LogP contribution in [0.4, 0.5) is 0 Å². The molecule has 2 atom stereocenters. The van der Waals surface area contributed by atoms with Crippen LogP contribution in [-0.4, -0.2) is 29.4 Å². The first-order valence-corrected chi connectivity index (χ1v) is 7.63. The Labute approximate surface area is 136 Å². The van der Waals surface area contributed by atoms with Crippen molar-refractivity contribution < 1.29 is 19.7 Å². The molecule has 2 aromatic rings. The van der Waals surface area contributed by atoms with Crippen LogP contribution in [0, 0.1) is 0 Å². The summed E-state index contributed by atoms with van der Waals surface area (Å²) >= 11 is 0. The Morgan fingerprint density at radius 1 is 1.13 bits per heavy atom. The third-order valence-corrected chi connectivity index (χ3v) is 4.42. The molecular formula is C19H22O4. The second-order valence-electron chi connectivity index (χ2n) is 5.64. The van der Waals surface area contributed by atoms with E-state index in [9.17, 15) is 15.0 Å². The van der Waals surface area contributed by atoms with E-state index in [0.29, 0.717) is 18.6 Å². The topological polar surface area (TPSA) is 66.8 Å². The van der Waals surface area contributed by atoms with Gasteiger partial charge in [0.25, 0.3) is 0 Å². The molecule has 0 aromatic heterocycles. The van der Waals surface area contributed by atoms with Gasteiger partial charge in [0.05, 0.1) is 7.11 Å². The first kappa shape index (κ1) is 17.0. The minimum atomic E-state index is -1.49. The Hall–Kier alpha value is -2.33. The highest BCUT2D eigenvalue weighted by atomic mass is 16.5. The SMILES string of the molecule is CCC(Cc1ccccc1)(c1ccc(OC)cc1)C(O)C(=O)O. The number of methoxy groups -OCH3 is 1. The molecule has 2 rings (SSSR count). The zero-order valence-electron chi connectivity index (χ0n) is 13.4. The first-order valence-electron chi connectivity index (χ1n) is 7.63. The summed E-state index contributed by atoms with van der Waals surface area (Å²) in [6.45, 7) is 1.90. The fourth-order valence-electron chi connectivity index (χ4n) is 3.00. The van der Waals surface area contributed by atoms with Gasteiger partial charge in [0.2, 0.25) is 0 Å². The van der Waals surface area contributed by atoms with Crippen LogP contribution in [0.5, 0.6) is 5.75 Å². The number of carboxylic acids is 1. The van der Waals surface area contributed by atoms with Crippen molar-refractivity contribution in [1.29, 1.82) is 0 Å². The Kier molecular flexibility index (Phi) is 5.40. The molecule has 2 aromatic carbocycles. The maximum absolute atomic E-state index is 11.5. The van der Waals surface area contributed by atoms with Crippen LogP contribution in [0.25, 0.3) is 0 Å². The molecule has 0 saturated heterocycles. The first-order chi connectivity index (χ1) is 11.0. The summed E-state index contributed by atoms with van der Waals surface area (Å²) in [5, 5.41) is 19.9. The Bertz CT molecular complexity index is 636. The summed E-state index contributed by atoms with van der Waals surface area (Å²) in [4.78, 5) is 11.5. The minimum absolute atomic E-state index is 0.449. The van der Waals surface area contributed by atoms with Crippen LogP contribution in [0.15, 0.2) is 54.6 Å². The molecule has 0 spiro atoms. The second-order valence-corrected chi connectivity index (χ2v) is 5.64. The Morgan fingerprint density at radius 3 is 2.22 bits per heavy atom. The molecule has 2 unspecified atom stereocenters. The monoisotopic (exact) mass is 314 g/mol. The van der Waals surface area contributed by atoms with Crippen molar-refractivity contribution in [2.24, 2.45) is 0 Å². The van der Waals surface area contributed by atoms with Crippen LogP contribution < -0.4 is 4.74 Å². The molecule has 0 heterocycles. The van der Waals surface area contributed by atoms with E-state index in [-0.39, 0.29) is 0 Å². The summed E-state index contributed by atoms with van der Waals surface area (Å²) in [5.41, 5.74) is 0.893. The van der Waals surface area contributed by atoms with Gasteiger partial charge >= 0.3 is 5.97 Å². The van der Waals surface area contributed by atoms with E-state index in [2.05, 4.69) is 0 Å². The van der Waals surface area contributed by atoms with E-state index in [4.69, 9.17) is 4.74 Å². The average Bonchev–Trinajstić information content (AvgIpc) is 2.60. The highest BCUT2D eigenvalue weighted by Gasteiger charge is 2.42. The maximum Gasteiger partial charge on any atom is 0.333 e. The molecular weight excluding hydrogens is 292 g/mol. The number of hydrogen-bond acceptors (Lipinski definition) is 3. The normalized spacial score (nSPS) is 14.7. The van der Waals surface area contributed by atoms with Crippen molar-refractivity contribution >= 4 is 5.97 Å². The number of rotatable bonds is 7. The van der Waals surface area contributed by atoms with Crippen LogP contribution in [0.1, 0.15) is 24.5 Å². The van der Waals surface area contributed by atoms with Crippen molar-refractivity contribution in [3.05, 3.63) is 65.7 Å². The van der Waals surface area contributed by atoms with Crippen LogP contribution in [0.2, 0.25) is 0 Å². The van der Waals surface area contributed by atoms with Gasteiger partial charge in [-0.1, -0.05) is 49.4 Å². The van der Waals surface area contributed by atoms with Gasteiger partial charge < -0.3 is 14.9 Å². The fourth-order valence-corrected chi connectivity index (χ4v) is 3.00. The quantitative estimate of drug-likeness (QED) is 0.824. The molecule has 0 aliphatic heterocycles. The predicted octanol–water partition coefficient (Wildman–Crippen LogP) is 3.03. The second kappa shape index (κ2) is 7.29. The van der Waals surface area contributed by atoms with Gasteiger partial charge in [-0.2, -0.15) is 0 Å². The molecule has 0 fully saturated rings. The lowest BCUT2D eigenvalue weighted by molar-refractivity contribution is -0.151. The molecule has 4 nitrogen and oxygen atoms in total. The van der Waals surface area contributed by atoms with Gasteiger partial charge in [0, 0.05) is 5.41 Å². The smallest absolute Gasteiger partial charge is 0.333 e. The summed E-state index contributed by atoms with van der Waals surface area (Å²) in [6.07, 6.45) is -0.535. The highest BCUT2D eigenvalue weighted by molar-refractivity contribution is 5.75. The van der Waals surface area contributed by atoms with E-state index in [0.717, 1.165) is 11.1 Å². The number of aliphatic carboxylic acids is 1. The summed E-state index contributed by atoms with van der Waals surface area (Å²) in [6, 6.07) is 16.9. The Balaban J connectivity index is 2.50. The van der Waals surface area contributed by atoms with Crippen LogP contribution in [0.3, 0.4) is 0 Å².